The molecule has 0 unspecified atom stereocenters. The summed E-state index contributed by atoms with van der Waals surface area (Å²) in [4.78, 5) is 12.4. The molecule has 0 spiro atoms. The first kappa shape index (κ1) is 15.5. The molecule has 0 atom stereocenters. The zero-order valence-electron chi connectivity index (χ0n) is 12.8. The molecule has 3 aromatic rings. The molecule has 23 heavy (non-hydrogen) atoms. The molecule has 2 aromatic heterocycles. The van der Waals surface area contributed by atoms with Crippen LogP contribution in [0.3, 0.4) is 0 Å². The average molecular weight is 374 g/mol. The fraction of sp³-hybridized carbons (Fsp3) is 0.188. The first-order valence-corrected chi connectivity index (χ1v) is 7.91. The molecule has 7 heteroatoms. The Labute approximate surface area is 142 Å². The summed E-state index contributed by atoms with van der Waals surface area (Å²) < 4.78 is 4.29. The zero-order chi connectivity index (χ0) is 16.4. The third-order valence-electron chi connectivity index (χ3n) is 3.48. The lowest BCUT2D eigenvalue weighted by Crippen LogP contribution is -2.16. The second kappa shape index (κ2) is 6.37. The third-order valence-corrected chi connectivity index (χ3v) is 3.89. The van der Waals surface area contributed by atoms with Gasteiger partial charge in [0.2, 0.25) is 0 Å². The van der Waals surface area contributed by atoms with Gasteiger partial charge in [0, 0.05) is 18.1 Å². The summed E-state index contributed by atoms with van der Waals surface area (Å²) >= 11 is 3.35. The van der Waals surface area contributed by atoms with Gasteiger partial charge in [-0.1, -0.05) is 18.2 Å². The summed E-state index contributed by atoms with van der Waals surface area (Å²) in [7, 11) is 0. The van der Waals surface area contributed by atoms with Gasteiger partial charge in [-0.3, -0.25) is 9.48 Å². The van der Waals surface area contributed by atoms with Crippen molar-refractivity contribution in [1.29, 1.82) is 0 Å². The molecule has 6 nitrogen and oxygen atoms in total. The number of aromatic nitrogens is 4. The van der Waals surface area contributed by atoms with Gasteiger partial charge in [-0.2, -0.15) is 10.2 Å². The Morgan fingerprint density at radius 3 is 2.61 bits per heavy atom. The van der Waals surface area contributed by atoms with Crippen LogP contribution in [0.1, 0.15) is 21.6 Å². The second-order valence-electron chi connectivity index (χ2n) is 5.30. The fourth-order valence-corrected chi connectivity index (χ4v) is 2.64. The number of hydrogen-bond donors (Lipinski definition) is 1. The van der Waals surface area contributed by atoms with Crippen molar-refractivity contribution in [3.8, 4) is 0 Å². The molecule has 0 aliphatic heterocycles. The van der Waals surface area contributed by atoms with Crippen LogP contribution in [-0.2, 0) is 6.67 Å². The lowest BCUT2D eigenvalue weighted by molar-refractivity contribution is 0.102. The zero-order valence-corrected chi connectivity index (χ0v) is 14.4. The maximum atomic E-state index is 12.4. The summed E-state index contributed by atoms with van der Waals surface area (Å²) in [6.07, 6.45) is 5.31. The molecule has 3 rings (SSSR count). The molecule has 0 saturated carbocycles. The highest BCUT2D eigenvalue weighted by atomic mass is 79.9. The monoisotopic (exact) mass is 373 g/mol. The molecule has 0 radical (unpaired) electrons. The van der Waals surface area contributed by atoms with Gasteiger partial charge in [-0.25, -0.2) is 4.68 Å². The number of anilines is 1. The van der Waals surface area contributed by atoms with Crippen LogP contribution in [0.2, 0.25) is 0 Å². The highest BCUT2D eigenvalue weighted by Gasteiger charge is 2.12. The van der Waals surface area contributed by atoms with Crippen LogP contribution in [0, 0.1) is 13.8 Å². The van der Waals surface area contributed by atoms with E-state index in [1.807, 2.05) is 38.2 Å². The quantitative estimate of drug-likeness (QED) is 0.763. The SMILES string of the molecule is Cc1cccc(C)c1NC(=O)c1ccn(Cn2cc(Br)cn2)n1. The van der Waals surface area contributed by atoms with Gasteiger partial charge in [-0.15, -0.1) is 0 Å². The molecule has 1 N–H and O–H groups in total. The summed E-state index contributed by atoms with van der Waals surface area (Å²) in [6, 6.07) is 7.60. The summed E-state index contributed by atoms with van der Waals surface area (Å²) in [6.45, 7) is 4.38. The van der Waals surface area contributed by atoms with Crippen molar-refractivity contribution in [2.24, 2.45) is 0 Å². The topological polar surface area (TPSA) is 64.7 Å². The van der Waals surface area contributed by atoms with E-state index < -0.39 is 0 Å². The van der Waals surface area contributed by atoms with Crippen molar-refractivity contribution in [2.75, 3.05) is 5.32 Å². The van der Waals surface area contributed by atoms with Crippen LogP contribution >= 0.6 is 15.9 Å². The van der Waals surface area contributed by atoms with E-state index >= 15 is 0 Å². The van der Waals surface area contributed by atoms with E-state index in [4.69, 9.17) is 0 Å². The molecule has 0 aliphatic rings. The van der Waals surface area contributed by atoms with Gasteiger partial charge in [0.25, 0.3) is 5.91 Å². The number of amides is 1. The van der Waals surface area contributed by atoms with E-state index in [-0.39, 0.29) is 5.91 Å². The predicted octanol–water partition coefficient (Wildman–Crippen LogP) is 3.22. The smallest absolute Gasteiger partial charge is 0.276 e. The molecule has 0 saturated heterocycles. The van der Waals surface area contributed by atoms with E-state index in [1.54, 1.807) is 27.8 Å². The maximum Gasteiger partial charge on any atom is 0.276 e. The van der Waals surface area contributed by atoms with Crippen molar-refractivity contribution in [1.82, 2.24) is 19.6 Å². The minimum atomic E-state index is -0.220. The molecule has 1 amide bonds. The predicted molar refractivity (Wildman–Crippen MR) is 91.4 cm³/mol. The third kappa shape index (κ3) is 3.50. The Kier molecular flexibility index (Phi) is 4.29. The van der Waals surface area contributed by atoms with Crippen molar-refractivity contribution < 1.29 is 4.79 Å². The lowest BCUT2D eigenvalue weighted by Gasteiger charge is -2.10. The summed E-state index contributed by atoms with van der Waals surface area (Å²) in [5.41, 5.74) is 3.26. The van der Waals surface area contributed by atoms with Crippen LogP contribution in [-0.4, -0.2) is 25.5 Å². The first-order chi connectivity index (χ1) is 11.0. The minimum absolute atomic E-state index is 0.220. The molecule has 118 valence electrons. The number of rotatable bonds is 4. The molecule has 0 fully saturated rings. The highest BCUT2D eigenvalue weighted by Crippen LogP contribution is 2.20. The Balaban J connectivity index is 1.73. The number of benzene rings is 1. The van der Waals surface area contributed by atoms with Gasteiger partial charge in [0.15, 0.2) is 5.69 Å². The second-order valence-corrected chi connectivity index (χ2v) is 6.22. The average Bonchev–Trinajstić information content (AvgIpc) is 3.13. The Bertz CT molecular complexity index is 832. The highest BCUT2D eigenvalue weighted by molar-refractivity contribution is 9.10. The minimum Gasteiger partial charge on any atom is -0.320 e. The number of aryl methyl sites for hydroxylation is 2. The van der Waals surface area contributed by atoms with Crippen molar-refractivity contribution in [2.45, 2.75) is 20.5 Å². The molecule has 2 heterocycles. The lowest BCUT2D eigenvalue weighted by atomic mass is 10.1. The number of nitrogens with one attached hydrogen (secondary N) is 1. The van der Waals surface area contributed by atoms with Gasteiger partial charge in [0.1, 0.15) is 6.67 Å². The largest absolute Gasteiger partial charge is 0.320 e. The number of halogens is 1. The molecular formula is C16H16BrN5O. The molecule has 1 aromatic carbocycles. The van der Waals surface area contributed by atoms with Gasteiger partial charge in [0.05, 0.1) is 10.7 Å². The fourth-order valence-electron chi connectivity index (χ4n) is 2.31. The number of nitrogens with zero attached hydrogens (tertiary/aromatic N) is 4. The van der Waals surface area contributed by atoms with E-state index in [1.165, 1.54) is 0 Å². The number of carbonyl (C=O) groups excluding carboxylic acids is 1. The van der Waals surface area contributed by atoms with Gasteiger partial charge >= 0.3 is 0 Å². The van der Waals surface area contributed by atoms with Gasteiger partial charge < -0.3 is 5.32 Å². The normalized spacial score (nSPS) is 10.7. The standard InChI is InChI=1S/C16H16BrN5O/c1-11-4-3-5-12(2)15(11)19-16(23)14-6-7-21(20-14)10-22-9-13(17)8-18-22/h3-9H,10H2,1-2H3,(H,19,23). The molecular weight excluding hydrogens is 358 g/mol. The van der Waals surface area contributed by atoms with Crippen molar-refractivity contribution >= 4 is 27.5 Å². The maximum absolute atomic E-state index is 12.4. The van der Waals surface area contributed by atoms with Crippen LogP contribution in [0.4, 0.5) is 5.69 Å². The van der Waals surface area contributed by atoms with E-state index in [9.17, 15) is 4.79 Å². The Morgan fingerprint density at radius 2 is 1.96 bits per heavy atom. The van der Waals surface area contributed by atoms with E-state index in [2.05, 4.69) is 31.4 Å². The van der Waals surface area contributed by atoms with Crippen LogP contribution in [0.25, 0.3) is 0 Å². The van der Waals surface area contributed by atoms with E-state index in [0.29, 0.717) is 12.4 Å². The number of hydrogen-bond acceptors (Lipinski definition) is 3. The van der Waals surface area contributed by atoms with Crippen LogP contribution < -0.4 is 5.32 Å². The molecule has 0 bridgehead atoms. The van der Waals surface area contributed by atoms with Gasteiger partial charge in [-0.05, 0) is 47.0 Å². The first-order valence-electron chi connectivity index (χ1n) is 7.12. The van der Waals surface area contributed by atoms with E-state index in [0.717, 1.165) is 21.3 Å². The Hall–Kier alpha value is -2.41. The van der Waals surface area contributed by atoms with Crippen molar-refractivity contribution in [3.05, 3.63) is 64.1 Å². The van der Waals surface area contributed by atoms with Crippen LogP contribution in [0.15, 0.2) is 47.3 Å². The number of para-hydroxylation sites is 1. The number of carbonyl (C=O) groups is 1. The summed E-state index contributed by atoms with van der Waals surface area (Å²) in [5.74, 6) is -0.220. The molecule has 0 aliphatic carbocycles. The van der Waals surface area contributed by atoms with Crippen LogP contribution in [0.5, 0.6) is 0 Å². The van der Waals surface area contributed by atoms with Crippen molar-refractivity contribution in [3.63, 3.8) is 0 Å². The Morgan fingerprint density at radius 1 is 1.22 bits per heavy atom. The summed E-state index contributed by atoms with van der Waals surface area (Å²) in [5, 5.41) is 11.4.